The molecule has 0 aliphatic rings. The van der Waals surface area contributed by atoms with Gasteiger partial charge in [0.15, 0.2) is 0 Å². The number of methoxy groups -OCH3 is 1. The minimum Gasteiger partial charge on any atom is -0.495 e. The van der Waals surface area contributed by atoms with Gasteiger partial charge in [0.1, 0.15) is 5.75 Å². The van der Waals surface area contributed by atoms with Crippen LogP contribution in [0.4, 0.5) is 5.69 Å². The first kappa shape index (κ1) is 15.4. The molecule has 0 aliphatic carbocycles. The molecule has 3 nitrogen and oxygen atoms in total. The summed E-state index contributed by atoms with van der Waals surface area (Å²) in [6, 6.07) is 16.7. The number of anilines is 1. The number of ether oxygens (including phenoxy) is 1. The Morgan fingerprint density at radius 2 is 1.76 bits per heavy atom. The Labute approximate surface area is 127 Å². The van der Waals surface area contributed by atoms with Crippen LogP contribution >= 0.6 is 0 Å². The van der Waals surface area contributed by atoms with Crippen LogP contribution in [0.25, 0.3) is 0 Å². The highest BCUT2D eigenvalue weighted by molar-refractivity contribution is 5.59. The Hall–Kier alpha value is -2.00. The fourth-order valence-electron chi connectivity index (χ4n) is 2.76. The minimum absolute atomic E-state index is 0.137. The SMILES string of the molecule is CCc1ccccc1C(CN)N(C)c1ccccc1OC. The molecular weight excluding hydrogens is 260 g/mol. The standard InChI is InChI=1S/C18H24N2O/c1-4-14-9-5-6-10-15(14)17(13-19)20(2)16-11-7-8-12-18(16)21-3/h5-12,17H,4,13,19H2,1-3H3. The number of nitrogens with two attached hydrogens (primary N) is 1. The summed E-state index contributed by atoms with van der Waals surface area (Å²) in [6.07, 6.45) is 1.01. The lowest BCUT2D eigenvalue weighted by Gasteiger charge is -2.31. The maximum Gasteiger partial charge on any atom is 0.142 e. The third-order valence-electron chi connectivity index (χ3n) is 3.95. The van der Waals surface area contributed by atoms with Gasteiger partial charge < -0.3 is 15.4 Å². The lowest BCUT2D eigenvalue weighted by atomic mass is 9.97. The molecule has 0 heterocycles. The summed E-state index contributed by atoms with van der Waals surface area (Å²) in [5.74, 6) is 0.868. The third-order valence-corrected chi connectivity index (χ3v) is 3.95. The van der Waals surface area contributed by atoms with E-state index < -0.39 is 0 Å². The predicted molar refractivity (Wildman–Crippen MR) is 89.0 cm³/mol. The average molecular weight is 284 g/mol. The average Bonchev–Trinajstić information content (AvgIpc) is 2.55. The predicted octanol–water partition coefficient (Wildman–Crippen LogP) is 3.39. The number of likely N-dealkylation sites (N-methyl/N-ethyl adjacent to an activating group) is 1. The number of hydrogen-bond donors (Lipinski definition) is 1. The van der Waals surface area contributed by atoms with Crippen molar-refractivity contribution in [2.75, 3.05) is 25.6 Å². The first-order valence-corrected chi connectivity index (χ1v) is 7.36. The molecule has 0 aromatic heterocycles. The molecule has 1 atom stereocenters. The Balaban J connectivity index is 2.41. The number of aryl methyl sites for hydroxylation is 1. The lowest BCUT2D eigenvalue weighted by molar-refractivity contribution is 0.413. The van der Waals surface area contributed by atoms with Gasteiger partial charge in [-0.3, -0.25) is 0 Å². The van der Waals surface area contributed by atoms with Gasteiger partial charge in [-0.1, -0.05) is 43.3 Å². The molecule has 0 radical (unpaired) electrons. The first-order chi connectivity index (χ1) is 10.2. The summed E-state index contributed by atoms with van der Waals surface area (Å²) in [5, 5.41) is 0. The van der Waals surface area contributed by atoms with Crippen molar-refractivity contribution in [1.29, 1.82) is 0 Å². The summed E-state index contributed by atoms with van der Waals surface area (Å²) in [7, 11) is 3.77. The van der Waals surface area contributed by atoms with E-state index in [4.69, 9.17) is 10.5 Å². The quantitative estimate of drug-likeness (QED) is 0.883. The monoisotopic (exact) mass is 284 g/mol. The van der Waals surface area contributed by atoms with Crippen molar-refractivity contribution in [1.82, 2.24) is 0 Å². The molecule has 0 spiro atoms. The molecule has 0 aliphatic heterocycles. The van der Waals surface area contributed by atoms with Crippen LogP contribution in [-0.4, -0.2) is 20.7 Å². The highest BCUT2D eigenvalue weighted by Gasteiger charge is 2.20. The normalized spacial score (nSPS) is 12.0. The topological polar surface area (TPSA) is 38.5 Å². The van der Waals surface area contributed by atoms with Crippen molar-refractivity contribution in [2.24, 2.45) is 5.73 Å². The largest absolute Gasteiger partial charge is 0.495 e. The van der Waals surface area contributed by atoms with Gasteiger partial charge in [-0.15, -0.1) is 0 Å². The van der Waals surface area contributed by atoms with Crippen molar-refractivity contribution in [2.45, 2.75) is 19.4 Å². The smallest absolute Gasteiger partial charge is 0.142 e. The van der Waals surface area contributed by atoms with E-state index in [0.717, 1.165) is 17.9 Å². The second-order valence-corrected chi connectivity index (χ2v) is 5.09. The molecule has 0 bridgehead atoms. The molecule has 1 unspecified atom stereocenters. The van der Waals surface area contributed by atoms with Crippen LogP contribution in [0.3, 0.4) is 0 Å². The van der Waals surface area contributed by atoms with E-state index in [9.17, 15) is 0 Å². The van der Waals surface area contributed by atoms with Crippen molar-refractivity contribution < 1.29 is 4.74 Å². The summed E-state index contributed by atoms with van der Waals surface area (Å²) >= 11 is 0. The fraction of sp³-hybridized carbons (Fsp3) is 0.333. The maximum absolute atomic E-state index is 6.08. The Kier molecular flexibility index (Phi) is 5.23. The second kappa shape index (κ2) is 7.14. The van der Waals surface area contributed by atoms with Crippen LogP contribution in [0.1, 0.15) is 24.1 Å². The van der Waals surface area contributed by atoms with E-state index >= 15 is 0 Å². The molecule has 0 saturated carbocycles. The van der Waals surface area contributed by atoms with Gasteiger partial charge in [0, 0.05) is 13.6 Å². The van der Waals surface area contributed by atoms with E-state index in [2.05, 4.69) is 49.2 Å². The van der Waals surface area contributed by atoms with E-state index in [-0.39, 0.29) is 6.04 Å². The number of hydrogen-bond acceptors (Lipinski definition) is 3. The molecule has 2 aromatic carbocycles. The Morgan fingerprint density at radius 1 is 1.10 bits per heavy atom. The molecule has 112 valence electrons. The zero-order chi connectivity index (χ0) is 15.2. The number of rotatable bonds is 6. The van der Waals surface area contributed by atoms with E-state index in [1.54, 1.807) is 7.11 Å². The van der Waals surface area contributed by atoms with Gasteiger partial charge in [-0.05, 0) is 29.7 Å². The van der Waals surface area contributed by atoms with Crippen LogP contribution in [-0.2, 0) is 6.42 Å². The van der Waals surface area contributed by atoms with Crippen molar-refractivity contribution >= 4 is 5.69 Å². The van der Waals surface area contributed by atoms with Crippen LogP contribution < -0.4 is 15.4 Å². The summed E-state index contributed by atoms with van der Waals surface area (Å²) in [4.78, 5) is 2.20. The molecule has 2 aromatic rings. The zero-order valence-electron chi connectivity index (χ0n) is 13.0. The summed E-state index contributed by atoms with van der Waals surface area (Å²) in [5.41, 5.74) is 9.76. The van der Waals surface area contributed by atoms with Crippen LogP contribution in [0, 0.1) is 0 Å². The minimum atomic E-state index is 0.137. The first-order valence-electron chi connectivity index (χ1n) is 7.36. The molecule has 0 fully saturated rings. The lowest BCUT2D eigenvalue weighted by Crippen LogP contribution is -2.31. The number of nitrogens with zero attached hydrogens (tertiary/aromatic N) is 1. The van der Waals surface area contributed by atoms with Crippen molar-refractivity contribution in [3.63, 3.8) is 0 Å². The van der Waals surface area contributed by atoms with Gasteiger partial charge in [0.05, 0.1) is 18.8 Å². The van der Waals surface area contributed by atoms with Crippen LogP contribution in [0.5, 0.6) is 5.75 Å². The van der Waals surface area contributed by atoms with Crippen LogP contribution in [0.15, 0.2) is 48.5 Å². The Morgan fingerprint density at radius 3 is 2.43 bits per heavy atom. The van der Waals surface area contributed by atoms with Gasteiger partial charge in [0.25, 0.3) is 0 Å². The Bertz CT molecular complexity index is 583. The number of para-hydroxylation sites is 2. The molecule has 3 heteroatoms. The highest BCUT2D eigenvalue weighted by atomic mass is 16.5. The molecule has 21 heavy (non-hydrogen) atoms. The number of benzene rings is 2. The van der Waals surface area contributed by atoms with E-state index in [0.29, 0.717) is 6.54 Å². The van der Waals surface area contributed by atoms with E-state index in [1.807, 2.05) is 18.2 Å². The maximum atomic E-state index is 6.08. The third kappa shape index (κ3) is 3.19. The van der Waals surface area contributed by atoms with Gasteiger partial charge in [-0.25, -0.2) is 0 Å². The van der Waals surface area contributed by atoms with Crippen molar-refractivity contribution in [3.05, 3.63) is 59.7 Å². The summed E-state index contributed by atoms with van der Waals surface area (Å²) in [6.45, 7) is 2.74. The van der Waals surface area contributed by atoms with Crippen LogP contribution in [0.2, 0.25) is 0 Å². The molecule has 0 saturated heterocycles. The molecule has 2 N–H and O–H groups in total. The second-order valence-electron chi connectivity index (χ2n) is 5.09. The highest BCUT2D eigenvalue weighted by Crippen LogP contribution is 2.33. The fourth-order valence-corrected chi connectivity index (χ4v) is 2.76. The molecule has 2 rings (SSSR count). The van der Waals surface area contributed by atoms with Gasteiger partial charge >= 0.3 is 0 Å². The van der Waals surface area contributed by atoms with Crippen molar-refractivity contribution in [3.8, 4) is 5.75 Å². The molecule has 0 amide bonds. The van der Waals surface area contributed by atoms with Gasteiger partial charge in [-0.2, -0.15) is 0 Å². The zero-order valence-corrected chi connectivity index (χ0v) is 13.0. The van der Waals surface area contributed by atoms with Gasteiger partial charge in [0.2, 0.25) is 0 Å². The summed E-state index contributed by atoms with van der Waals surface area (Å²) < 4.78 is 5.47. The van der Waals surface area contributed by atoms with E-state index in [1.165, 1.54) is 11.1 Å². The molecular formula is C18H24N2O.